The number of halogens is 3. The molecule has 10 nitrogen and oxygen atoms in total. The predicted octanol–water partition coefficient (Wildman–Crippen LogP) is 2.55. The first-order valence-corrected chi connectivity index (χ1v) is 9.78. The molecule has 0 saturated carbocycles. The smallest absolute Gasteiger partial charge is 0.406 e. The summed E-state index contributed by atoms with van der Waals surface area (Å²) < 4.78 is 46.1. The lowest BCUT2D eigenvalue weighted by atomic mass is 10.1. The Labute approximate surface area is 184 Å². The van der Waals surface area contributed by atoms with Gasteiger partial charge in [-0.1, -0.05) is 17.3 Å². The van der Waals surface area contributed by atoms with E-state index in [0.29, 0.717) is 12.0 Å². The normalized spacial score (nSPS) is 16.2. The Bertz CT molecular complexity index is 1120. The van der Waals surface area contributed by atoms with Gasteiger partial charge in [0.15, 0.2) is 5.82 Å². The summed E-state index contributed by atoms with van der Waals surface area (Å²) in [5.74, 6) is -0.458. The molecule has 4 rings (SSSR count). The van der Waals surface area contributed by atoms with Crippen molar-refractivity contribution in [3.8, 4) is 5.75 Å². The highest BCUT2D eigenvalue weighted by Crippen LogP contribution is 2.33. The largest absolute Gasteiger partial charge is 0.573 e. The van der Waals surface area contributed by atoms with Crippen molar-refractivity contribution in [3.63, 3.8) is 0 Å². The summed E-state index contributed by atoms with van der Waals surface area (Å²) >= 11 is 0. The second kappa shape index (κ2) is 9.22. The average Bonchev–Trinajstić information content (AvgIpc) is 3.40. The van der Waals surface area contributed by atoms with E-state index in [1.54, 1.807) is 0 Å². The van der Waals surface area contributed by atoms with Crippen LogP contribution in [-0.4, -0.2) is 43.2 Å². The molecule has 0 radical (unpaired) electrons. The summed E-state index contributed by atoms with van der Waals surface area (Å²) in [6.45, 7) is 0.150. The Morgan fingerprint density at radius 1 is 1.21 bits per heavy atom. The van der Waals surface area contributed by atoms with Gasteiger partial charge in [-0.3, -0.25) is 9.59 Å². The van der Waals surface area contributed by atoms with Crippen molar-refractivity contribution in [1.82, 2.24) is 30.3 Å². The lowest BCUT2D eigenvalue weighted by Gasteiger charge is -2.22. The summed E-state index contributed by atoms with van der Waals surface area (Å²) in [5.41, 5.74) is 0.891. The third-order valence-electron chi connectivity index (χ3n) is 4.84. The number of nitrogens with one attached hydrogen (secondary N) is 1. The third kappa shape index (κ3) is 5.61. The Morgan fingerprint density at radius 2 is 1.94 bits per heavy atom. The molecule has 2 aromatic heterocycles. The van der Waals surface area contributed by atoms with E-state index in [2.05, 4.69) is 30.2 Å². The number of carbonyl (C=O) groups is 2. The highest BCUT2D eigenvalue weighted by Gasteiger charge is 2.36. The Morgan fingerprint density at radius 3 is 2.64 bits per heavy atom. The van der Waals surface area contributed by atoms with Crippen LogP contribution in [0.15, 0.2) is 47.5 Å². The zero-order valence-electron chi connectivity index (χ0n) is 17.0. The van der Waals surface area contributed by atoms with Crippen LogP contribution in [0.4, 0.5) is 13.2 Å². The Balaban J connectivity index is 1.39. The fourth-order valence-corrected chi connectivity index (χ4v) is 3.33. The van der Waals surface area contributed by atoms with Gasteiger partial charge in [0.25, 0.3) is 5.91 Å². The predicted molar refractivity (Wildman–Crippen MR) is 103 cm³/mol. The van der Waals surface area contributed by atoms with Gasteiger partial charge in [-0.05, 0) is 24.1 Å². The van der Waals surface area contributed by atoms with E-state index >= 15 is 0 Å². The molecule has 33 heavy (non-hydrogen) atoms. The fraction of sp³-hybridized carbons (Fsp3) is 0.300. The van der Waals surface area contributed by atoms with Crippen molar-refractivity contribution in [1.29, 1.82) is 0 Å². The lowest BCUT2D eigenvalue weighted by Crippen LogP contribution is -2.27. The molecule has 13 heteroatoms. The number of carbonyl (C=O) groups excluding carboxylic acids is 2. The number of benzene rings is 1. The van der Waals surface area contributed by atoms with E-state index in [1.165, 1.54) is 47.9 Å². The van der Waals surface area contributed by atoms with Gasteiger partial charge in [-0.2, -0.15) is 4.98 Å². The molecule has 0 spiro atoms. The summed E-state index contributed by atoms with van der Waals surface area (Å²) in [6, 6.07) is 4.79. The Hall–Kier alpha value is -4.03. The minimum Gasteiger partial charge on any atom is -0.406 e. The lowest BCUT2D eigenvalue weighted by molar-refractivity contribution is -0.274. The standard InChI is InChI=1S/C20H17F3N6O4/c21-20(22,23)32-14-3-1-12(2-4-14)10-29-15(5-6-17(29)30)19-27-16(28-33-19)9-26-18(31)13-7-24-11-25-8-13/h1-4,7-8,11,15H,5-6,9-10H2,(H,26,31)/t15-/m0/s1. The van der Waals surface area contributed by atoms with Crippen LogP contribution < -0.4 is 10.1 Å². The van der Waals surface area contributed by atoms with Gasteiger partial charge in [0.2, 0.25) is 11.8 Å². The van der Waals surface area contributed by atoms with Crippen molar-refractivity contribution in [3.05, 3.63) is 65.8 Å². The van der Waals surface area contributed by atoms with E-state index in [9.17, 15) is 22.8 Å². The molecule has 172 valence electrons. The van der Waals surface area contributed by atoms with Crippen molar-refractivity contribution in [2.45, 2.75) is 38.3 Å². The van der Waals surface area contributed by atoms with Crippen LogP contribution in [0.25, 0.3) is 0 Å². The number of aromatic nitrogens is 4. The van der Waals surface area contributed by atoms with Gasteiger partial charge >= 0.3 is 6.36 Å². The zero-order chi connectivity index (χ0) is 23.4. The molecule has 3 heterocycles. The monoisotopic (exact) mass is 462 g/mol. The second-order valence-electron chi connectivity index (χ2n) is 7.13. The van der Waals surface area contributed by atoms with Crippen LogP contribution in [0.5, 0.6) is 5.75 Å². The summed E-state index contributed by atoms with van der Waals surface area (Å²) in [7, 11) is 0. The molecule has 1 aromatic carbocycles. The summed E-state index contributed by atoms with van der Waals surface area (Å²) in [4.78, 5) is 37.8. The number of alkyl halides is 3. The first-order valence-electron chi connectivity index (χ1n) is 9.78. The first-order chi connectivity index (χ1) is 15.8. The minimum absolute atomic E-state index is 0.00143. The number of hydrogen-bond acceptors (Lipinski definition) is 8. The van der Waals surface area contributed by atoms with E-state index in [0.717, 1.165) is 0 Å². The van der Waals surface area contributed by atoms with Gasteiger partial charge in [0.05, 0.1) is 12.1 Å². The van der Waals surface area contributed by atoms with Crippen LogP contribution >= 0.6 is 0 Å². The maximum absolute atomic E-state index is 12.4. The molecule has 2 amide bonds. The van der Waals surface area contributed by atoms with Crippen molar-refractivity contribution >= 4 is 11.8 Å². The van der Waals surface area contributed by atoms with Crippen LogP contribution in [0, 0.1) is 0 Å². The van der Waals surface area contributed by atoms with Gasteiger partial charge in [-0.25, -0.2) is 9.97 Å². The molecule has 1 aliphatic heterocycles. The number of hydrogen-bond donors (Lipinski definition) is 1. The van der Waals surface area contributed by atoms with Gasteiger partial charge < -0.3 is 19.5 Å². The van der Waals surface area contributed by atoms with E-state index in [4.69, 9.17) is 4.52 Å². The third-order valence-corrected chi connectivity index (χ3v) is 4.84. The van der Waals surface area contributed by atoms with Crippen LogP contribution in [-0.2, 0) is 17.9 Å². The topological polar surface area (TPSA) is 123 Å². The molecule has 1 N–H and O–H groups in total. The van der Waals surface area contributed by atoms with E-state index in [1.807, 2.05) is 0 Å². The van der Waals surface area contributed by atoms with Crippen molar-refractivity contribution in [2.24, 2.45) is 0 Å². The van der Waals surface area contributed by atoms with Crippen molar-refractivity contribution in [2.75, 3.05) is 0 Å². The molecule has 1 saturated heterocycles. The van der Waals surface area contributed by atoms with E-state index < -0.39 is 18.3 Å². The highest BCUT2D eigenvalue weighted by atomic mass is 19.4. The van der Waals surface area contributed by atoms with Crippen LogP contribution in [0.2, 0.25) is 0 Å². The minimum atomic E-state index is -4.78. The number of likely N-dealkylation sites (tertiary alicyclic amines) is 1. The van der Waals surface area contributed by atoms with Gasteiger partial charge in [0.1, 0.15) is 18.1 Å². The van der Waals surface area contributed by atoms with Gasteiger partial charge in [0, 0.05) is 25.4 Å². The van der Waals surface area contributed by atoms with E-state index in [-0.39, 0.29) is 48.4 Å². The second-order valence-corrected chi connectivity index (χ2v) is 7.13. The zero-order valence-corrected chi connectivity index (χ0v) is 17.0. The Kier molecular flexibility index (Phi) is 6.20. The van der Waals surface area contributed by atoms with Crippen LogP contribution in [0.3, 0.4) is 0 Å². The summed E-state index contributed by atoms with van der Waals surface area (Å²) in [5, 5.41) is 6.47. The average molecular weight is 462 g/mol. The maximum atomic E-state index is 12.4. The number of nitrogens with zero attached hydrogens (tertiary/aromatic N) is 5. The quantitative estimate of drug-likeness (QED) is 0.568. The molecule has 1 fully saturated rings. The fourth-order valence-electron chi connectivity index (χ4n) is 3.33. The maximum Gasteiger partial charge on any atom is 0.573 e. The molecule has 1 atom stereocenters. The molecular formula is C20H17F3N6O4. The highest BCUT2D eigenvalue weighted by molar-refractivity contribution is 5.93. The first kappa shape index (κ1) is 22.2. The van der Waals surface area contributed by atoms with Crippen molar-refractivity contribution < 1.29 is 32.0 Å². The SMILES string of the molecule is O=C(NCc1noc([C@@H]2CCC(=O)N2Cc2ccc(OC(F)(F)F)cc2)n1)c1cncnc1. The number of amides is 2. The number of ether oxygens (including phenoxy) is 1. The molecule has 1 aliphatic rings. The van der Waals surface area contributed by atoms with Crippen LogP contribution in [0.1, 0.15) is 46.5 Å². The molecular weight excluding hydrogens is 445 g/mol. The van der Waals surface area contributed by atoms with Gasteiger partial charge in [-0.15, -0.1) is 13.2 Å². The molecule has 0 unspecified atom stereocenters. The molecule has 0 bridgehead atoms. The number of rotatable bonds is 7. The molecule has 3 aromatic rings. The molecule has 0 aliphatic carbocycles. The summed E-state index contributed by atoms with van der Waals surface area (Å²) in [6.07, 6.45) is -0.0173.